The predicted molar refractivity (Wildman–Crippen MR) is 100 cm³/mol. The van der Waals surface area contributed by atoms with Gasteiger partial charge in [0.2, 0.25) is 10.0 Å². The summed E-state index contributed by atoms with van der Waals surface area (Å²) in [5.74, 6) is 0.584. The second-order valence-corrected chi connectivity index (χ2v) is 9.90. The van der Waals surface area contributed by atoms with Gasteiger partial charge in [-0.15, -0.1) is 0 Å². The minimum absolute atomic E-state index is 0.0780. The number of piperidine rings is 1. The zero-order valence-electron chi connectivity index (χ0n) is 16.0. The summed E-state index contributed by atoms with van der Waals surface area (Å²) in [5, 5.41) is 0. The smallest absolute Gasteiger partial charge is 0.277 e. The third-order valence-corrected chi connectivity index (χ3v) is 7.46. The number of quaternary nitrogens is 1. The largest absolute Gasteiger partial charge is 0.335 e. The Morgan fingerprint density at radius 3 is 2.30 bits per heavy atom. The molecule has 2 saturated heterocycles. The molecule has 0 bridgehead atoms. The van der Waals surface area contributed by atoms with Crippen molar-refractivity contribution in [2.75, 3.05) is 45.8 Å². The van der Waals surface area contributed by atoms with Gasteiger partial charge in [-0.3, -0.25) is 4.79 Å². The number of halogens is 1. The molecule has 1 amide bonds. The molecule has 0 aliphatic carbocycles. The van der Waals surface area contributed by atoms with Crippen LogP contribution >= 0.6 is 0 Å². The normalized spacial score (nSPS) is 27.5. The van der Waals surface area contributed by atoms with Crippen LogP contribution in [0.2, 0.25) is 0 Å². The summed E-state index contributed by atoms with van der Waals surface area (Å²) in [6.45, 7) is 8.05. The van der Waals surface area contributed by atoms with Crippen molar-refractivity contribution < 1.29 is 22.5 Å². The molecule has 0 spiro atoms. The van der Waals surface area contributed by atoms with Crippen LogP contribution in [0.1, 0.15) is 20.3 Å². The van der Waals surface area contributed by atoms with E-state index in [1.807, 2.05) is 0 Å². The predicted octanol–water partition coefficient (Wildman–Crippen LogP) is 0.219. The van der Waals surface area contributed by atoms with Crippen LogP contribution in [0.3, 0.4) is 0 Å². The fourth-order valence-electron chi connectivity index (χ4n) is 4.36. The molecule has 3 rings (SSSR count). The van der Waals surface area contributed by atoms with Gasteiger partial charge in [0.05, 0.1) is 13.1 Å². The summed E-state index contributed by atoms with van der Waals surface area (Å²) in [4.78, 5) is 15.4. The molecular weight excluding hydrogens is 369 g/mol. The van der Waals surface area contributed by atoms with Gasteiger partial charge in [0.15, 0.2) is 6.54 Å². The summed E-state index contributed by atoms with van der Waals surface area (Å²) in [6.07, 6.45) is 1.21. The number of nitrogens with one attached hydrogen (secondary N) is 1. The zero-order valence-corrected chi connectivity index (χ0v) is 16.8. The summed E-state index contributed by atoms with van der Waals surface area (Å²) in [7, 11) is -3.87. The number of amides is 1. The number of piperazine rings is 1. The lowest BCUT2D eigenvalue weighted by molar-refractivity contribution is -0.904. The Bertz CT molecular complexity index is 768. The first-order valence-electron chi connectivity index (χ1n) is 9.63. The highest BCUT2D eigenvalue weighted by atomic mass is 32.2. The van der Waals surface area contributed by atoms with Gasteiger partial charge < -0.3 is 9.80 Å². The van der Waals surface area contributed by atoms with Gasteiger partial charge in [-0.2, -0.15) is 4.31 Å². The molecule has 150 valence electrons. The van der Waals surface area contributed by atoms with Crippen molar-refractivity contribution in [3.8, 4) is 0 Å². The fourth-order valence-corrected chi connectivity index (χ4v) is 5.85. The average Bonchev–Trinajstić information content (AvgIpc) is 2.61. The first-order valence-corrected chi connectivity index (χ1v) is 11.1. The quantitative estimate of drug-likeness (QED) is 0.789. The van der Waals surface area contributed by atoms with Gasteiger partial charge >= 0.3 is 0 Å². The third-order valence-electron chi connectivity index (χ3n) is 5.53. The number of benzene rings is 1. The van der Waals surface area contributed by atoms with Crippen LogP contribution in [0.15, 0.2) is 29.2 Å². The fraction of sp³-hybridized carbons (Fsp3) is 0.632. The van der Waals surface area contributed by atoms with Gasteiger partial charge in [0, 0.05) is 38.0 Å². The van der Waals surface area contributed by atoms with E-state index in [0.717, 1.165) is 19.2 Å². The first-order chi connectivity index (χ1) is 12.8. The molecule has 1 aromatic carbocycles. The average molecular weight is 399 g/mol. The molecule has 0 aromatic heterocycles. The Balaban J connectivity index is 1.57. The zero-order chi connectivity index (χ0) is 19.6. The van der Waals surface area contributed by atoms with Crippen molar-refractivity contribution in [1.82, 2.24) is 9.21 Å². The molecule has 8 heteroatoms. The van der Waals surface area contributed by atoms with E-state index in [4.69, 9.17) is 0 Å². The minimum Gasteiger partial charge on any atom is -0.335 e. The maximum absolute atomic E-state index is 13.9. The van der Waals surface area contributed by atoms with E-state index in [2.05, 4.69) is 13.8 Å². The summed E-state index contributed by atoms with van der Waals surface area (Å²) >= 11 is 0. The van der Waals surface area contributed by atoms with Gasteiger partial charge in [-0.1, -0.05) is 26.0 Å². The molecule has 2 heterocycles. The molecule has 2 atom stereocenters. The number of hydrogen-bond donors (Lipinski definition) is 1. The third kappa shape index (κ3) is 4.67. The first kappa shape index (κ1) is 20.2. The topological polar surface area (TPSA) is 62.1 Å². The maximum Gasteiger partial charge on any atom is 0.277 e. The van der Waals surface area contributed by atoms with Crippen LogP contribution in [0.25, 0.3) is 0 Å². The van der Waals surface area contributed by atoms with Crippen molar-refractivity contribution in [1.29, 1.82) is 0 Å². The van der Waals surface area contributed by atoms with Crippen LogP contribution in [0.5, 0.6) is 0 Å². The molecule has 0 saturated carbocycles. The van der Waals surface area contributed by atoms with Crippen molar-refractivity contribution in [3.63, 3.8) is 0 Å². The number of rotatable bonds is 4. The highest BCUT2D eigenvalue weighted by Crippen LogP contribution is 2.20. The number of nitrogens with zero attached hydrogens (tertiary/aromatic N) is 2. The van der Waals surface area contributed by atoms with E-state index in [1.165, 1.54) is 33.8 Å². The summed E-state index contributed by atoms with van der Waals surface area (Å²) < 4.78 is 40.5. The second kappa shape index (κ2) is 8.24. The Labute approximate surface area is 161 Å². The van der Waals surface area contributed by atoms with Gasteiger partial charge in [-0.25, -0.2) is 12.8 Å². The number of carbonyl (C=O) groups is 1. The summed E-state index contributed by atoms with van der Waals surface area (Å²) in [6, 6.07) is 5.41. The number of likely N-dealkylation sites (tertiary alicyclic amines) is 1. The number of hydrogen-bond acceptors (Lipinski definition) is 3. The Kier molecular flexibility index (Phi) is 6.18. The van der Waals surface area contributed by atoms with E-state index in [-0.39, 0.29) is 23.9 Å². The lowest BCUT2D eigenvalue weighted by Gasteiger charge is -2.36. The lowest BCUT2D eigenvalue weighted by atomic mass is 9.92. The molecule has 27 heavy (non-hydrogen) atoms. The van der Waals surface area contributed by atoms with Crippen LogP contribution < -0.4 is 4.90 Å². The Morgan fingerprint density at radius 2 is 1.70 bits per heavy atom. The number of carbonyl (C=O) groups excluding carboxylic acids is 1. The van der Waals surface area contributed by atoms with Gasteiger partial charge in [-0.05, 0) is 18.6 Å². The maximum atomic E-state index is 13.9. The van der Waals surface area contributed by atoms with Crippen molar-refractivity contribution in [2.24, 2.45) is 11.8 Å². The monoisotopic (exact) mass is 398 g/mol. The Hall–Kier alpha value is -1.51. The highest BCUT2D eigenvalue weighted by Gasteiger charge is 2.33. The molecule has 6 nitrogen and oxygen atoms in total. The molecule has 1 N–H and O–H groups in total. The minimum atomic E-state index is -3.87. The molecule has 1 aromatic rings. The molecule has 0 unspecified atom stereocenters. The van der Waals surface area contributed by atoms with Crippen LogP contribution in [-0.2, 0) is 14.8 Å². The van der Waals surface area contributed by atoms with Gasteiger partial charge in [0.25, 0.3) is 5.91 Å². The van der Waals surface area contributed by atoms with E-state index in [9.17, 15) is 17.6 Å². The van der Waals surface area contributed by atoms with Crippen molar-refractivity contribution in [3.05, 3.63) is 30.1 Å². The standard InChI is InChI=1S/C19H28FN3O3S/c1-15-11-16(2)13-21(12-15)14-19(24)22-7-9-23(10-8-22)27(25,26)18-6-4-3-5-17(18)20/h3-6,15-16H,7-14H2,1-2H3/p+1/t15-,16-/m0/s1. The van der Waals surface area contributed by atoms with E-state index >= 15 is 0 Å². The van der Waals surface area contributed by atoms with Crippen LogP contribution in [-0.4, -0.2) is 69.3 Å². The van der Waals surface area contributed by atoms with Crippen molar-refractivity contribution in [2.45, 2.75) is 25.2 Å². The van der Waals surface area contributed by atoms with Crippen LogP contribution in [0.4, 0.5) is 4.39 Å². The number of sulfonamides is 1. The summed E-state index contributed by atoms with van der Waals surface area (Å²) in [5.41, 5.74) is 0. The SMILES string of the molecule is C[C@H]1C[C@H](C)C[NH+](CC(=O)N2CCN(S(=O)(=O)c3ccccc3F)CC2)C1. The molecule has 2 aliphatic rings. The molecular formula is C19H29FN3O3S+. The van der Waals surface area contributed by atoms with Crippen LogP contribution in [0, 0.1) is 17.7 Å². The lowest BCUT2D eigenvalue weighted by Crippen LogP contribution is -3.15. The van der Waals surface area contributed by atoms with E-state index < -0.39 is 15.8 Å². The molecule has 2 aliphatic heterocycles. The molecule has 2 fully saturated rings. The molecule has 0 radical (unpaired) electrons. The van der Waals surface area contributed by atoms with Crippen molar-refractivity contribution >= 4 is 15.9 Å². The van der Waals surface area contributed by atoms with E-state index in [1.54, 1.807) is 4.90 Å². The van der Waals surface area contributed by atoms with E-state index in [0.29, 0.717) is 31.5 Å². The highest BCUT2D eigenvalue weighted by molar-refractivity contribution is 7.89. The second-order valence-electron chi connectivity index (χ2n) is 8.00. The van der Waals surface area contributed by atoms with Gasteiger partial charge in [0.1, 0.15) is 10.7 Å². The Morgan fingerprint density at radius 1 is 1.11 bits per heavy atom.